The molecule has 0 radical (unpaired) electrons. The number of aliphatic hydroxyl groups is 2. The quantitative estimate of drug-likeness (QED) is 0.0320. The van der Waals surface area contributed by atoms with Crippen LogP contribution < -0.4 is 5.32 Å². The molecule has 0 heterocycles. The number of carbonyl (C=O) groups excluding carboxylic acids is 2. The highest BCUT2D eigenvalue weighted by molar-refractivity contribution is 5.76. The molecule has 6 heteroatoms. The summed E-state index contributed by atoms with van der Waals surface area (Å²) in [7, 11) is 0. The van der Waals surface area contributed by atoms with E-state index in [9.17, 15) is 19.8 Å². The number of hydrogen-bond donors (Lipinski definition) is 3. The van der Waals surface area contributed by atoms with Crippen molar-refractivity contribution in [2.75, 3.05) is 13.2 Å². The van der Waals surface area contributed by atoms with Crippen molar-refractivity contribution in [1.29, 1.82) is 0 Å². The Labute approximate surface area is 469 Å². The van der Waals surface area contributed by atoms with Crippen LogP contribution >= 0.6 is 0 Å². The summed E-state index contributed by atoms with van der Waals surface area (Å²) in [4.78, 5) is 24.5. The lowest BCUT2D eigenvalue weighted by Gasteiger charge is -2.22. The fourth-order valence-electron chi connectivity index (χ4n) is 11.1. The average Bonchev–Trinajstić information content (AvgIpc) is 3.41. The molecule has 0 bridgehead atoms. The first-order valence-corrected chi connectivity index (χ1v) is 34.4. The van der Waals surface area contributed by atoms with Crippen molar-refractivity contribution in [3.63, 3.8) is 0 Å². The molecule has 0 spiro atoms. The van der Waals surface area contributed by atoms with E-state index in [-0.39, 0.29) is 18.5 Å². The highest BCUT2D eigenvalue weighted by Crippen LogP contribution is 2.19. The van der Waals surface area contributed by atoms with E-state index in [1.165, 1.54) is 321 Å². The molecule has 0 fully saturated rings. The first-order chi connectivity index (χ1) is 37.0. The maximum Gasteiger partial charge on any atom is 0.305 e. The standard InChI is InChI=1S/C69H135NO5/c1-3-5-7-9-11-13-15-16-36-40-43-47-51-55-59-63-69(74)75-64-60-56-52-48-44-41-38-35-33-31-29-27-25-23-21-19-17-18-20-22-24-26-28-30-32-34-37-39-42-46-50-54-58-62-68(73)70-66(65-71)67(72)61-57-53-49-45-14-12-10-8-6-4-2/h21,23,66-67,71-72H,3-20,22,24-65H2,1-2H3,(H,70,73)/b23-21-. The molecule has 446 valence electrons. The summed E-state index contributed by atoms with van der Waals surface area (Å²) >= 11 is 0. The Morgan fingerprint density at radius 3 is 0.947 bits per heavy atom. The third-order valence-corrected chi connectivity index (χ3v) is 16.3. The zero-order valence-electron chi connectivity index (χ0n) is 51.1. The summed E-state index contributed by atoms with van der Waals surface area (Å²) in [5, 5.41) is 23.2. The van der Waals surface area contributed by atoms with Gasteiger partial charge in [0.25, 0.3) is 0 Å². The number of nitrogens with one attached hydrogen (secondary N) is 1. The van der Waals surface area contributed by atoms with E-state index in [1.54, 1.807) is 0 Å². The minimum Gasteiger partial charge on any atom is -0.466 e. The van der Waals surface area contributed by atoms with Crippen LogP contribution in [0.3, 0.4) is 0 Å². The minimum absolute atomic E-state index is 0.0223. The predicted molar refractivity (Wildman–Crippen MR) is 329 cm³/mol. The van der Waals surface area contributed by atoms with Gasteiger partial charge in [0.1, 0.15) is 0 Å². The topological polar surface area (TPSA) is 95.9 Å². The SMILES string of the molecule is CCCCCCCCCCCCCCCCCC(=O)OCCCCCCCCCCCCCC/C=C\CCCCCCCCCCCCCCCCCCCC(=O)NC(CO)C(O)CCCCCCCCCCCC. The monoisotopic (exact) mass is 1060 g/mol. The molecule has 0 saturated carbocycles. The Bertz CT molecular complexity index is 1130. The molecule has 0 aromatic heterocycles. The second-order valence-electron chi connectivity index (χ2n) is 23.9. The fourth-order valence-corrected chi connectivity index (χ4v) is 11.1. The lowest BCUT2D eigenvalue weighted by Crippen LogP contribution is -2.45. The largest absolute Gasteiger partial charge is 0.466 e. The molecule has 0 aliphatic carbocycles. The molecule has 0 aromatic rings. The summed E-state index contributed by atoms with van der Waals surface area (Å²) in [6, 6.07) is -0.536. The zero-order chi connectivity index (χ0) is 54.3. The van der Waals surface area contributed by atoms with Crippen LogP contribution in [0, 0.1) is 0 Å². The van der Waals surface area contributed by atoms with Crippen molar-refractivity contribution in [2.45, 2.75) is 405 Å². The van der Waals surface area contributed by atoms with E-state index in [0.717, 1.165) is 38.5 Å². The Hall–Kier alpha value is -1.40. The summed E-state index contributed by atoms with van der Waals surface area (Å²) in [6.45, 7) is 4.97. The number of carbonyl (C=O) groups is 2. The first kappa shape index (κ1) is 73.6. The molecular weight excluding hydrogens is 923 g/mol. The Kier molecular flexibility index (Phi) is 63.9. The third-order valence-electron chi connectivity index (χ3n) is 16.3. The van der Waals surface area contributed by atoms with Crippen molar-refractivity contribution in [3.8, 4) is 0 Å². The van der Waals surface area contributed by atoms with Gasteiger partial charge in [-0.3, -0.25) is 9.59 Å². The van der Waals surface area contributed by atoms with Crippen molar-refractivity contribution < 1.29 is 24.5 Å². The predicted octanol–water partition coefficient (Wildman–Crippen LogP) is 22.0. The summed E-state index contributed by atoms with van der Waals surface area (Å²) in [6.07, 6.45) is 79.9. The van der Waals surface area contributed by atoms with Crippen molar-refractivity contribution in [1.82, 2.24) is 5.32 Å². The number of ether oxygens (including phenoxy) is 1. The number of hydrogen-bond acceptors (Lipinski definition) is 5. The number of amides is 1. The van der Waals surface area contributed by atoms with Crippen LogP contribution in [0.2, 0.25) is 0 Å². The lowest BCUT2D eigenvalue weighted by atomic mass is 10.0. The molecule has 3 N–H and O–H groups in total. The molecule has 2 unspecified atom stereocenters. The Balaban J connectivity index is 3.31. The molecule has 2 atom stereocenters. The van der Waals surface area contributed by atoms with Gasteiger partial charge in [-0.05, 0) is 51.4 Å². The second-order valence-corrected chi connectivity index (χ2v) is 23.9. The van der Waals surface area contributed by atoms with E-state index >= 15 is 0 Å². The number of esters is 1. The Morgan fingerprint density at radius 2 is 0.627 bits per heavy atom. The van der Waals surface area contributed by atoms with Gasteiger partial charge >= 0.3 is 5.97 Å². The fraction of sp³-hybridized carbons (Fsp3) is 0.942. The average molecular weight is 1060 g/mol. The van der Waals surface area contributed by atoms with E-state index < -0.39 is 12.1 Å². The molecule has 0 aliphatic rings. The smallest absolute Gasteiger partial charge is 0.305 e. The summed E-state index contributed by atoms with van der Waals surface area (Å²) in [5.41, 5.74) is 0. The number of allylic oxidation sites excluding steroid dienone is 2. The third kappa shape index (κ3) is 61.7. The van der Waals surface area contributed by atoms with Gasteiger partial charge in [-0.15, -0.1) is 0 Å². The molecule has 1 amide bonds. The number of aliphatic hydroxyl groups excluding tert-OH is 2. The van der Waals surface area contributed by atoms with E-state index in [4.69, 9.17) is 4.74 Å². The van der Waals surface area contributed by atoms with E-state index in [1.807, 2.05) is 0 Å². The van der Waals surface area contributed by atoms with Crippen molar-refractivity contribution >= 4 is 11.9 Å². The molecule has 0 aliphatic heterocycles. The molecule has 0 aromatic carbocycles. The van der Waals surface area contributed by atoms with Gasteiger partial charge in [0, 0.05) is 12.8 Å². The zero-order valence-corrected chi connectivity index (χ0v) is 51.1. The minimum atomic E-state index is -0.659. The van der Waals surface area contributed by atoms with Gasteiger partial charge in [0.2, 0.25) is 5.91 Å². The molecule has 75 heavy (non-hydrogen) atoms. The number of unbranched alkanes of at least 4 members (excludes halogenated alkanes) is 52. The van der Waals surface area contributed by atoms with E-state index in [2.05, 4.69) is 31.3 Å². The molecular formula is C69H135NO5. The van der Waals surface area contributed by atoms with E-state index in [0.29, 0.717) is 25.9 Å². The van der Waals surface area contributed by atoms with Crippen molar-refractivity contribution in [3.05, 3.63) is 12.2 Å². The van der Waals surface area contributed by atoms with Crippen LogP contribution in [0.25, 0.3) is 0 Å². The summed E-state index contributed by atoms with van der Waals surface area (Å²) < 4.78 is 5.50. The van der Waals surface area contributed by atoms with Gasteiger partial charge in [0.15, 0.2) is 0 Å². The number of rotatable bonds is 65. The maximum atomic E-state index is 12.4. The molecule has 0 rings (SSSR count). The van der Waals surface area contributed by atoms with Gasteiger partial charge in [0.05, 0.1) is 25.4 Å². The van der Waals surface area contributed by atoms with Crippen LogP contribution in [0.1, 0.15) is 393 Å². The Morgan fingerprint density at radius 1 is 0.360 bits per heavy atom. The van der Waals surface area contributed by atoms with Crippen molar-refractivity contribution in [2.24, 2.45) is 0 Å². The molecule has 0 saturated heterocycles. The summed E-state index contributed by atoms with van der Waals surface area (Å²) in [5.74, 6) is -0.00917. The van der Waals surface area contributed by atoms with Gasteiger partial charge in [-0.25, -0.2) is 0 Å². The molecule has 6 nitrogen and oxygen atoms in total. The van der Waals surface area contributed by atoms with Crippen LogP contribution in [-0.2, 0) is 14.3 Å². The van der Waals surface area contributed by atoms with Crippen LogP contribution in [-0.4, -0.2) is 47.4 Å². The van der Waals surface area contributed by atoms with Crippen LogP contribution in [0.15, 0.2) is 12.2 Å². The van der Waals surface area contributed by atoms with Crippen LogP contribution in [0.5, 0.6) is 0 Å². The second kappa shape index (κ2) is 65.1. The highest BCUT2D eigenvalue weighted by Gasteiger charge is 2.20. The van der Waals surface area contributed by atoms with Gasteiger partial charge < -0.3 is 20.3 Å². The first-order valence-electron chi connectivity index (χ1n) is 34.4. The highest BCUT2D eigenvalue weighted by atomic mass is 16.5. The normalized spacial score (nSPS) is 12.5. The lowest BCUT2D eigenvalue weighted by molar-refractivity contribution is -0.143. The van der Waals surface area contributed by atoms with Gasteiger partial charge in [-0.1, -0.05) is 341 Å². The van der Waals surface area contributed by atoms with Gasteiger partial charge in [-0.2, -0.15) is 0 Å². The van der Waals surface area contributed by atoms with Crippen LogP contribution in [0.4, 0.5) is 0 Å². The maximum absolute atomic E-state index is 12.4.